The van der Waals surface area contributed by atoms with E-state index >= 15 is 0 Å². The molecule has 194 valence electrons. The molecule has 1 saturated heterocycles. The highest BCUT2D eigenvalue weighted by Gasteiger charge is 2.33. The van der Waals surface area contributed by atoms with Gasteiger partial charge < -0.3 is 24.2 Å². The van der Waals surface area contributed by atoms with Crippen molar-refractivity contribution in [3.8, 4) is 11.5 Å². The first-order valence-electron chi connectivity index (χ1n) is 12.8. The molecule has 3 heterocycles. The molecule has 1 N–H and O–H groups in total. The minimum Gasteiger partial charge on any atom is -0.491 e. The lowest BCUT2D eigenvalue weighted by atomic mass is 9.84. The number of halogens is 1. The molecule has 2 aliphatic rings. The molecule has 0 radical (unpaired) electrons. The Balaban J connectivity index is 1.31. The van der Waals surface area contributed by atoms with Crippen LogP contribution in [-0.2, 0) is 16.9 Å². The minimum absolute atomic E-state index is 0.430. The number of rotatable bonds is 8. The smallest absolute Gasteiger partial charge is 0.131 e. The van der Waals surface area contributed by atoms with Crippen molar-refractivity contribution in [1.82, 2.24) is 9.88 Å². The number of pyridine rings is 1. The zero-order chi connectivity index (χ0) is 25.7. The van der Waals surface area contributed by atoms with Crippen LogP contribution in [0.2, 0.25) is 5.02 Å². The summed E-state index contributed by atoms with van der Waals surface area (Å²) in [5.41, 5.74) is 4.30. The Morgan fingerprint density at radius 3 is 2.68 bits per heavy atom. The monoisotopic (exact) mass is 520 g/mol. The first-order chi connectivity index (χ1) is 18.1. The van der Waals surface area contributed by atoms with Gasteiger partial charge in [0.05, 0.1) is 17.9 Å². The summed E-state index contributed by atoms with van der Waals surface area (Å²) >= 11 is 6.03. The summed E-state index contributed by atoms with van der Waals surface area (Å²) in [6.45, 7) is 4.06. The average molecular weight is 521 g/mol. The molecule has 1 fully saturated rings. The van der Waals surface area contributed by atoms with Crippen molar-refractivity contribution < 1.29 is 19.3 Å². The number of methoxy groups -OCH3 is 1. The van der Waals surface area contributed by atoms with E-state index in [-0.39, 0.29) is 0 Å². The van der Waals surface area contributed by atoms with E-state index in [0.29, 0.717) is 37.7 Å². The Kier molecular flexibility index (Phi) is 8.11. The van der Waals surface area contributed by atoms with Gasteiger partial charge in [-0.15, -0.1) is 0 Å². The van der Waals surface area contributed by atoms with Crippen molar-refractivity contribution in [2.24, 2.45) is 0 Å². The SMILES string of the molecule is COCCOc1ccc2c(c1)C(=CCCN1CCC(O)(c3ccc(Cl)cc3)CC1)c1cccnc1CO2. The van der Waals surface area contributed by atoms with Gasteiger partial charge in [0.25, 0.3) is 0 Å². The highest BCUT2D eigenvalue weighted by Crippen LogP contribution is 2.39. The largest absolute Gasteiger partial charge is 0.491 e. The van der Waals surface area contributed by atoms with Crippen LogP contribution in [0.5, 0.6) is 11.5 Å². The molecule has 0 spiro atoms. The van der Waals surface area contributed by atoms with E-state index in [9.17, 15) is 5.11 Å². The summed E-state index contributed by atoms with van der Waals surface area (Å²) in [7, 11) is 1.67. The Labute approximate surface area is 223 Å². The van der Waals surface area contributed by atoms with Crippen LogP contribution in [0.4, 0.5) is 0 Å². The van der Waals surface area contributed by atoms with Crippen molar-refractivity contribution in [1.29, 1.82) is 0 Å². The second-order valence-electron chi connectivity index (χ2n) is 9.57. The quantitative estimate of drug-likeness (QED) is 0.398. The van der Waals surface area contributed by atoms with Gasteiger partial charge in [0, 0.05) is 49.1 Å². The maximum absolute atomic E-state index is 11.2. The Morgan fingerprint density at radius 1 is 1.08 bits per heavy atom. The van der Waals surface area contributed by atoms with E-state index < -0.39 is 5.60 Å². The first kappa shape index (κ1) is 25.7. The molecule has 0 saturated carbocycles. The van der Waals surface area contributed by atoms with E-state index in [0.717, 1.165) is 65.5 Å². The second-order valence-corrected chi connectivity index (χ2v) is 10.0. The van der Waals surface area contributed by atoms with Crippen molar-refractivity contribution in [3.63, 3.8) is 0 Å². The second kappa shape index (κ2) is 11.7. The van der Waals surface area contributed by atoms with E-state index in [1.165, 1.54) is 0 Å². The third-order valence-corrected chi connectivity index (χ3v) is 7.45. The Bertz CT molecular complexity index is 1240. The highest BCUT2D eigenvalue weighted by atomic mass is 35.5. The van der Waals surface area contributed by atoms with Crippen LogP contribution in [0, 0.1) is 0 Å². The van der Waals surface area contributed by atoms with Gasteiger partial charge in [-0.05, 0) is 66.8 Å². The van der Waals surface area contributed by atoms with Crippen LogP contribution in [-0.4, -0.2) is 54.9 Å². The van der Waals surface area contributed by atoms with E-state index in [1.54, 1.807) is 7.11 Å². The number of benzene rings is 2. The van der Waals surface area contributed by atoms with E-state index in [2.05, 4.69) is 22.0 Å². The lowest BCUT2D eigenvalue weighted by Crippen LogP contribution is -2.42. The summed E-state index contributed by atoms with van der Waals surface area (Å²) in [5, 5.41) is 11.9. The van der Waals surface area contributed by atoms with Crippen LogP contribution in [0.15, 0.2) is 66.9 Å². The fourth-order valence-electron chi connectivity index (χ4n) is 5.07. The standard InChI is InChI=1S/C30H33ClN2O4/c1-35-18-19-36-24-10-11-29-27(20-24)25(26-4-2-14-32-28(26)21-37-29)5-3-15-33-16-12-30(34,13-17-33)22-6-8-23(31)9-7-22/h2,4-11,14,20,34H,3,12-13,15-19,21H2,1H3. The molecular weight excluding hydrogens is 488 g/mol. The molecule has 2 aromatic carbocycles. The molecule has 1 aromatic heterocycles. The summed E-state index contributed by atoms with van der Waals surface area (Å²) in [6, 6.07) is 17.6. The molecule has 6 nitrogen and oxygen atoms in total. The Morgan fingerprint density at radius 2 is 1.89 bits per heavy atom. The molecule has 0 atom stereocenters. The fraction of sp³-hybridized carbons (Fsp3) is 0.367. The van der Waals surface area contributed by atoms with E-state index in [1.807, 2.05) is 54.7 Å². The number of ether oxygens (including phenoxy) is 3. The first-order valence-corrected chi connectivity index (χ1v) is 13.2. The predicted molar refractivity (Wildman–Crippen MR) is 145 cm³/mol. The molecule has 7 heteroatoms. The number of likely N-dealkylation sites (tertiary alicyclic amines) is 1. The number of hydrogen-bond donors (Lipinski definition) is 1. The van der Waals surface area contributed by atoms with Crippen LogP contribution in [0.1, 0.15) is 41.6 Å². The van der Waals surface area contributed by atoms with Gasteiger partial charge in [-0.3, -0.25) is 4.98 Å². The number of fused-ring (bicyclic) bond motifs is 2. The summed E-state index contributed by atoms with van der Waals surface area (Å²) < 4.78 is 17.1. The maximum atomic E-state index is 11.2. The van der Waals surface area contributed by atoms with Crippen molar-refractivity contribution in [2.75, 3.05) is 40.0 Å². The third-order valence-electron chi connectivity index (χ3n) is 7.20. The van der Waals surface area contributed by atoms with Gasteiger partial charge in [-0.1, -0.05) is 35.9 Å². The van der Waals surface area contributed by atoms with Crippen LogP contribution >= 0.6 is 11.6 Å². The molecule has 0 amide bonds. The van der Waals surface area contributed by atoms with Crippen LogP contribution < -0.4 is 9.47 Å². The topological polar surface area (TPSA) is 64.1 Å². The predicted octanol–water partition coefficient (Wildman–Crippen LogP) is 5.46. The summed E-state index contributed by atoms with van der Waals surface area (Å²) in [5.74, 6) is 1.62. The molecule has 3 aromatic rings. The van der Waals surface area contributed by atoms with Crippen LogP contribution in [0.3, 0.4) is 0 Å². The zero-order valence-corrected chi connectivity index (χ0v) is 21.9. The highest BCUT2D eigenvalue weighted by molar-refractivity contribution is 6.30. The van der Waals surface area contributed by atoms with Gasteiger partial charge >= 0.3 is 0 Å². The molecule has 0 bridgehead atoms. The van der Waals surface area contributed by atoms with Gasteiger partial charge in [-0.2, -0.15) is 0 Å². The fourth-order valence-corrected chi connectivity index (χ4v) is 5.20. The summed E-state index contributed by atoms with van der Waals surface area (Å²) in [6.07, 6.45) is 6.38. The van der Waals surface area contributed by atoms with Crippen LogP contribution in [0.25, 0.3) is 5.57 Å². The van der Waals surface area contributed by atoms with Crippen molar-refractivity contribution in [2.45, 2.75) is 31.5 Å². The number of piperidine rings is 1. The molecule has 37 heavy (non-hydrogen) atoms. The van der Waals surface area contributed by atoms with E-state index in [4.69, 9.17) is 25.8 Å². The van der Waals surface area contributed by atoms with Crippen molar-refractivity contribution in [3.05, 3.63) is 94.3 Å². The molecule has 5 rings (SSSR count). The Hall–Kier alpha value is -2.90. The number of aliphatic hydroxyl groups is 1. The van der Waals surface area contributed by atoms with Crippen molar-refractivity contribution >= 4 is 17.2 Å². The maximum Gasteiger partial charge on any atom is 0.131 e. The number of hydrogen-bond acceptors (Lipinski definition) is 6. The van der Waals surface area contributed by atoms with Gasteiger partial charge in [-0.25, -0.2) is 0 Å². The lowest BCUT2D eigenvalue weighted by Gasteiger charge is -2.38. The molecule has 0 unspecified atom stereocenters. The molecular formula is C30H33ClN2O4. The number of aromatic nitrogens is 1. The van der Waals surface area contributed by atoms with Gasteiger partial charge in [0.2, 0.25) is 0 Å². The van der Waals surface area contributed by atoms with Gasteiger partial charge in [0.1, 0.15) is 24.7 Å². The average Bonchev–Trinajstić information content (AvgIpc) is 3.07. The molecule has 2 aliphatic heterocycles. The lowest BCUT2D eigenvalue weighted by molar-refractivity contribution is -0.0254. The molecule has 0 aliphatic carbocycles. The summed E-state index contributed by atoms with van der Waals surface area (Å²) in [4.78, 5) is 7.00. The normalized spacial score (nSPS) is 18.0. The van der Waals surface area contributed by atoms with Gasteiger partial charge in [0.15, 0.2) is 0 Å². The number of nitrogens with zero attached hydrogens (tertiary/aromatic N) is 2. The zero-order valence-electron chi connectivity index (χ0n) is 21.2. The third kappa shape index (κ3) is 5.99. The minimum atomic E-state index is -0.791.